The minimum absolute atomic E-state index is 0.0528. The van der Waals surface area contributed by atoms with Gasteiger partial charge in [0.15, 0.2) is 0 Å². The van der Waals surface area contributed by atoms with Crippen LogP contribution in [0.3, 0.4) is 0 Å². The molecule has 16 nitrogen and oxygen atoms in total. The number of nitrogens with one attached hydrogen (secondary N) is 5. The summed E-state index contributed by atoms with van der Waals surface area (Å²) < 4.78 is 23.6. The first-order valence-electron chi connectivity index (χ1n) is 25.6. The van der Waals surface area contributed by atoms with E-state index in [0.717, 1.165) is 47.9 Å². The number of benzene rings is 2. The van der Waals surface area contributed by atoms with Crippen molar-refractivity contribution in [3.8, 4) is 5.75 Å². The Hall–Kier alpha value is -4.48. The molecule has 0 aliphatic rings. The Kier molecular flexibility index (Phi) is 27.1. The fraction of sp³-hybridized carbons (Fsp3) is 0.667. The standard InChI is InChI=1S/C54H89N5O11SeSi/c1-16-17-18-19-21-26-40(70-72(14,15)54(9,10)11)34-43(57-47(61)36(4)55-52(66)69-53(6,7)8)46(60)50(64)59-45(37(5)71-41-27-22-20-23-28-41)49(63)58-44(35(2)3)48(62)56-42(51(65)68-13)29-24-25-38-30-32-39(67-12)33-31-38/h20,22-23,27-28,30-33,35-37,40,42-46,60H,16-19,21,24-26,29,34H2,1-15H3,(H,55,66)(H,56,62)(H,57,61)(H,58,63)(H,59,64)/t36-,37-,40-,42-,43+,44-,45+,46+/m0/s1. The molecule has 2 rings (SSSR count). The topological polar surface area (TPSA) is 220 Å². The zero-order valence-electron chi connectivity index (χ0n) is 45.9. The van der Waals surface area contributed by atoms with Gasteiger partial charge in [0.1, 0.15) is 11.4 Å². The van der Waals surface area contributed by atoms with Gasteiger partial charge in [0.05, 0.1) is 7.11 Å². The van der Waals surface area contributed by atoms with Gasteiger partial charge in [-0.2, -0.15) is 0 Å². The molecule has 2 aromatic rings. The zero-order chi connectivity index (χ0) is 54.4. The fourth-order valence-electron chi connectivity index (χ4n) is 7.53. The summed E-state index contributed by atoms with van der Waals surface area (Å²) >= 11 is -0.396. The van der Waals surface area contributed by atoms with E-state index in [9.17, 15) is 33.9 Å². The fourth-order valence-corrected chi connectivity index (χ4v) is 11.2. The molecule has 0 aliphatic carbocycles. The Morgan fingerprint density at radius 3 is 1.85 bits per heavy atom. The molecule has 0 radical (unpaired) electrons. The van der Waals surface area contributed by atoms with Gasteiger partial charge in [0, 0.05) is 0 Å². The van der Waals surface area contributed by atoms with Crippen LogP contribution in [0.15, 0.2) is 54.6 Å². The summed E-state index contributed by atoms with van der Waals surface area (Å²) in [4.78, 5) is 82.5. The number of aliphatic hydroxyl groups excluding tert-OH is 1. The van der Waals surface area contributed by atoms with Crippen molar-refractivity contribution in [1.29, 1.82) is 0 Å². The second kappa shape index (κ2) is 30.6. The van der Waals surface area contributed by atoms with Gasteiger partial charge >= 0.3 is 352 Å². The van der Waals surface area contributed by atoms with E-state index in [1.807, 2.05) is 61.5 Å². The first kappa shape index (κ1) is 63.6. The van der Waals surface area contributed by atoms with E-state index >= 15 is 0 Å². The first-order chi connectivity index (χ1) is 33.6. The molecule has 0 saturated carbocycles. The molecule has 0 heterocycles. The van der Waals surface area contributed by atoms with Crippen molar-refractivity contribution in [2.24, 2.45) is 5.92 Å². The number of hydrogen-bond donors (Lipinski definition) is 6. The molecule has 406 valence electrons. The molecule has 8 atom stereocenters. The number of methoxy groups -OCH3 is 2. The Morgan fingerprint density at radius 1 is 0.694 bits per heavy atom. The summed E-state index contributed by atoms with van der Waals surface area (Å²) in [7, 11) is 0.410. The van der Waals surface area contributed by atoms with Crippen molar-refractivity contribution < 1.29 is 52.5 Å². The zero-order valence-corrected chi connectivity index (χ0v) is 48.6. The normalized spacial score (nSPS) is 15.3. The number of aryl methyl sites for hydroxylation is 1. The SMILES string of the molecule is CCCCCCC[C@@H](C[C@@H](NC(=O)[C@H](C)NC(=O)OC(C)(C)C)[C@@H](O)C(=O)N[C@@H](C(=O)N[C@H](C(=O)N[C@@H](CCCc1ccc(OC)cc1)C(=O)OC)C(C)C)[C@H](C)[Se]c1ccccc1)O[Si](C)(C)C(C)(C)C. The van der Waals surface area contributed by atoms with Crippen LogP contribution >= 0.6 is 0 Å². The Labute approximate surface area is 438 Å². The summed E-state index contributed by atoms with van der Waals surface area (Å²) in [5, 5.41) is 25.9. The molecular weight excluding hydrogens is 1000 g/mol. The van der Waals surface area contributed by atoms with E-state index in [1.54, 1.807) is 41.7 Å². The van der Waals surface area contributed by atoms with Gasteiger partial charge < -0.3 is 4.74 Å². The summed E-state index contributed by atoms with van der Waals surface area (Å²) in [6.07, 6.45) is 3.95. The van der Waals surface area contributed by atoms with Crippen LogP contribution in [0.25, 0.3) is 0 Å². The molecule has 0 fully saturated rings. The molecule has 0 unspecified atom stereocenters. The molecule has 18 heteroatoms. The van der Waals surface area contributed by atoms with Crippen LogP contribution in [-0.4, -0.2) is 126 Å². The van der Waals surface area contributed by atoms with Gasteiger partial charge in [-0.25, -0.2) is 0 Å². The molecule has 6 N–H and O–H groups in total. The second-order valence-corrected chi connectivity index (χ2v) is 29.3. The van der Waals surface area contributed by atoms with Gasteiger partial charge in [0.25, 0.3) is 0 Å². The number of hydrogen-bond acceptors (Lipinski definition) is 11. The molecule has 0 aromatic heterocycles. The number of carbonyl (C=O) groups excluding carboxylic acids is 6. The number of esters is 1. The van der Waals surface area contributed by atoms with E-state index in [0.29, 0.717) is 19.3 Å². The quantitative estimate of drug-likeness (QED) is 0.0265. The van der Waals surface area contributed by atoms with E-state index < -0.39 is 118 Å². The third kappa shape index (κ3) is 22.7. The van der Waals surface area contributed by atoms with Gasteiger partial charge in [-0.15, -0.1) is 0 Å². The van der Waals surface area contributed by atoms with Crippen LogP contribution in [0, 0.1) is 5.92 Å². The number of carbonyl (C=O) groups is 6. The van der Waals surface area contributed by atoms with Crippen LogP contribution in [0.5, 0.6) is 5.75 Å². The van der Waals surface area contributed by atoms with E-state index in [2.05, 4.69) is 67.4 Å². The van der Waals surface area contributed by atoms with Crippen molar-refractivity contribution in [3.63, 3.8) is 0 Å². The molecule has 5 amide bonds. The maximum absolute atomic E-state index is 14.6. The second-order valence-electron chi connectivity index (χ2n) is 21.5. The molecule has 0 bridgehead atoms. The molecule has 72 heavy (non-hydrogen) atoms. The van der Waals surface area contributed by atoms with Crippen LogP contribution in [0.1, 0.15) is 140 Å². The maximum atomic E-state index is 14.6. The first-order valence-corrected chi connectivity index (χ1v) is 30.4. The van der Waals surface area contributed by atoms with Crippen LogP contribution in [-0.2, 0) is 44.3 Å². The average Bonchev–Trinajstić information content (AvgIpc) is 3.30. The van der Waals surface area contributed by atoms with Gasteiger partial charge in [-0.1, -0.05) is 31.9 Å². The van der Waals surface area contributed by atoms with Crippen molar-refractivity contribution >= 4 is 63.4 Å². The number of amides is 5. The van der Waals surface area contributed by atoms with E-state index in [4.69, 9.17) is 18.6 Å². The van der Waals surface area contributed by atoms with Crippen molar-refractivity contribution in [3.05, 3.63) is 60.2 Å². The van der Waals surface area contributed by atoms with Gasteiger partial charge in [-0.05, 0) is 32.9 Å². The van der Waals surface area contributed by atoms with E-state index in [1.165, 1.54) is 14.0 Å². The Morgan fingerprint density at radius 2 is 1.29 bits per heavy atom. The third-order valence-electron chi connectivity index (χ3n) is 12.8. The monoisotopic (exact) mass is 1090 g/mol. The van der Waals surface area contributed by atoms with Gasteiger partial charge in [-0.3, -0.25) is 0 Å². The Balaban J connectivity index is 2.53. The predicted octanol–water partition coefficient (Wildman–Crippen LogP) is 7.04. The molecule has 0 aliphatic heterocycles. The average molecular weight is 1090 g/mol. The summed E-state index contributed by atoms with van der Waals surface area (Å²) in [5.74, 6) is -3.24. The third-order valence-corrected chi connectivity index (χ3v) is 19.8. The summed E-state index contributed by atoms with van der Waals surface area (Å²) in [6, 6.07) is 11.3. The number of alkyl carbamates (subject to hydrolysis) is 1. The minimum atomic E-state index is -2.43. The predicted molar refractivity (Wildman–Crippen MR) is 287 cm³/mol. The van der Waals surface area contributed by atoms with Crippen molar-refractivity contribution in [2.45, 2.75) is 211 Å². The van der Waals surface area contributed by atoms with Crippen LogP contribution in [0.4, 0.5) is 4.79 Å². The summed E-state index contributed by atoms with van der Waals surface area (Å²) in [5.41, 5.74) is 0.200. The summed E-state index contributed by atoms with van der Waals surface area (Å²) in [6.45, 7) is 24.7. The van der Waals surface area contributed by atoms with Crippen LogP contribution in [0.2, 0.25) is 22.9 Å². The van der Waals surface area contributed by atoms with Crippen LogP contribution < -0.4 is 35.8 Å². The van der Waals surface area contributed by atoms with Gasteiger partial charge in [0.2, 0.25) is 0 Å². The Bertz CT molecular complexity index is 1990. The molecule has 0 spiro atoms. The van der Waals surface area contributed by atoms with E-state index in [-0.39, 0.29) is 17.9 Å². The number of aliphatic hydroxyl groups is 1. The van der Waals surface area contributed by atoms with Crippen molar-refractivity contribution in [1.82, 2.24) is 26.6 Å². The molecular formula is C54H89N5O11SeSi. The molecule has 0 saturated heterocycles. The van der Waals surface area contributed by atoms with Crippen molar-refractivity contribution in [2.75, 3.05) is 14.2 Å². The number of ether oxygens (including phenoxy) is 3. The number of rotatable bonds is 30. The number of unbranched alkanes of at least 4 members (excludes halogenated alkanes) is 4. The molecule has 2 aromatic carbocycles.